The maximum Gasteiger partial charge on any atom is 0.338 e. The van der Waals surface area contributed by atoms with Crippen molar-refractivity contribution in [2.75, 3.05) is 12.4 Å². The minimum Gasteiger partial charge on any atom is -0.465 e. The molecule has 0 bridgehead atoms. The normalized spacial score (nSPS) is 10.1. The average Bonchev–Trinajstić information content (AvgIpc) is 2.81. The maximum atomic E-state index is 11.6. The van der Waals surface area contributed by atoms with Gasteiger partial charge in [-0.3, -0.25) is 4.68 Å². The zero-order valence-electron chi connectivity index (χ0n) is 10.4. The Morgan fingerprint density at radius 2 is 2.17 bits per heavy atom. The number of methoxy groups -OCH3 is 1. The van der Waals surface area contributed by atoms with Crippen molar-refractivity contribution in [3.63, 3.8) is 0 Å². The first-order valence-corrected chi connectivity index (χ1v) is 5.60. The number of rotatable bonds is 4. The lowest BCUT2D eigenvalue weighted by Gasteiger charge is -2.08. The molecule has 1 aromatic heterocycles. The molecule has 0 fully saturated rings. The van der Waals surface area contributed by atoms with Gasteiger partial charge < -0.3 is 10.1 Å². The highest BCUT2D eigenvalue weighted by molar-refractivity contribution is 5.91. The molecular formula is C13H15N3O2. The number of hydrogen-bond acceptors (Lipinski definition) is 4. The van der Waals surface area contributed by atoms with Gasteiger partial charge >= 0.3 is 5.97 Å². The predicted octanol–water partition coefficient (Wildman–Crippen LogP) is 1.82. The van der Waals surface area contributed by atoms with E-state index in [1.165, 1.54) is 7.11 Å². The second-order valence-corrected chi connectivity index (χ2v) is 3.88. The van der Waals surface area contributed by atoms with Gasteiger partial charge in [-0.2, -0.15) is 5.10 Å². The molecular weight excluding hydrogens is 230 g/mol. The van der Waals surface area contributed by atoms with E-state index in [9.17, 15) is 4.79 Å². The van der Waals surface area contributed by atoms with Crippen molar-refractivity contribution in [3.8, 4) is 0 Å². The smallest absolute Gasteiger partial charge is 0.338 e. The van der Waals surface area contributed by atoms with Gasteiger partial charge in [0.2, 0.25) is 0 Å². The predicted molar refractivity (Wildman–Crippen MR) is 68.3 cm³/mol. The molecule has 0 aliphatic heterocycles. The molecule has 1 aromatic carbocycles. The van der Waals surface area contributed by atoms with Crippen molar-refractivity contribution in [1.82, 2.24) is 9.78 Å². The minimum absolute atomic E-state index is 0.326. The number of aromatic nitrogens is 2. The summed E-state index contributed by atoms with van der Waals surface area (Å²) in [6.07, 6.45) is 1.86. The first-order valence-electron chi connectivity index (χ1n) is 5.60. The summed E-state index contributed by atoms with van der Waals surface area (Å²) in [5, 5.41) is 7.37. The van der Waals surface area contributed by atoms with Crippen LogP contribution in [0.1, 0.15) is 15.9 Å². The fraction of sp³-hybridized carbons (Fsp3) is 0.231. The molecule has 94 valence electrons. The first-order chi connectivity index (χ1) is 8.70. The van der Waals surface area contributed by atoms with Gasteiger partial charge in [0.15, 0.2) is 0 Å². The first kappa shape index (κ1) is 12.2. The minimum atomic E-state index is -0.326. The molecule has 0 unspecified atom stereocenters. The van der Waals surface area contributed by atoms with Crippen LogP contribution in [0.25, 0.3) is 0 Å². The van der Waals surface area contributed by atoms with Gasteiger partial charge in [0, 0.05) is 25.9 Å². The van der Waals surface area contributed by atoms with Crippen LogP contribution in [0.3, 0.4) is 0 Å². The Balaban J connectivity index is 2.11. The molecule has 0 amide bonds. The molecule has 0 radical (unpaired) electrons. The summed E-state index contributed by atoms with van der Waals surface area (Å²) in [5.74, 6) is 0.450. The van der Waals surface area contributed by atoms with E-state index in [2.05, 4.69) is 10.4 Å². The SMILES string of the molecule is COC(=O)c1ccccc1CNc1ccn(C)n1. The molecule has 0 aliphatic rings. The van der Waals surface area contributed by atoms with E-state index in [0.29, 0.717) is 12.1 Å². The summed E-state index contributed by atoms with van der Waals surface area (Å²) in [6, 6.07) is 9.22. The summed E-state index contributed by atoms with van der Waals surface area (Å²) in [5.41, 5.74) is 1.46. The molecule has 18 heavy (non-hydrogen) atoms. The highest BCUT2D eigenvalue weighted by Gasteiger charge is 2.10. The number of anilines is 1. The van der Waals surface area contributed by atoms with Crippen molar-refractivity contribution in [2.24, 2.45) is 7.05 Å². The second-order valence-electron chi connectivity index (χ2n) is 3.88. The van der Waals surface area contributed by atoms with E-state index in [1.807, 2.05) is 37.5 Å². The molecule has 5 nitrogen and oxygen atoms in total. The fourth-order valence-electron chi connectivity index (χ4n) is 1.68. The van der Waals surface area contributed by atoms with E-state index < -0.39 is 0 Å². The molecule has 1 heterocycles. The van der Waals surface area contributed by atoms with Crippen molar-refractivity contribution in [2.45, 2.75) is 6.54 Å². The van der Waals surface area contributed by atoms with Crippen LogP contribution in [0.15, 0.2) is 36.5 Å². The van der Waals surface area contributed by atoms with E-state index in [4.69, 9.17) is 4.74 Å². The number of aryl methyl sites for hydroxylation is 1. The highest BCUT2D eigenvalue weighted by Crippen LogP contribution is 2.12. The van der Waals surface area contributed by atoms with Crippen LogP contribution in [0, 0.1) is 0 Å². The number of carbonyl (C=O) groups excluding carboxylic acids is 1. The van der Waals surface area contributed by atoms with Crippen LogP contribution in [-0.4, -0.2) is 22.9 Å². The third-order valence-corrected chi connectivity index (χ3v) is 2.60. The lowest BCUT2D eigenvalue weighted by molar-refractivity contribution is 0.0599. The Bertz CT molecular complexity index is 549. The largest absolute Gasteiger partial charge is 0.465 e. The number of ether oxygens (including phenoxy) is 1. The molecule has 0 spiro atoms. The monoisotopic (exact) mass is 245 g/mol. The van der Waals surface area contributed by atoms with Crippen LogP contribution in [0.4, 0.5) is 5.82 Å². The van der Waals surface area contributed by atoms with Crippen LogP contribution in [-0.2, 0) is 18.3 Å². The average molecular weight is 245 g/mol. The Morgan fingerprint density at radius 1 is 1.39 bits per heavy atom. The standard InChI is InChI=1S/C13H15N3O2/c1-16-8-7-12(15-16)14-9-10-5-3-4-6-11(10)13(17)18-2/h3-8H,9H2,1-2H3,(H,14,15). The Kier molecular flexibility index (Phi) is 3.62. The van der Waals surface area contributed by atoms with Crippen molar-refractivity contribution < 1.29 is 9.53 Å². The summed E-state index contributed by atoms with van der Waals surface area (Å²) in [4.78, 5) is 11.6. The molecule has 5 heteroatoms. The fourth-order valence-corrected chi connectivity index (χ4v) is 1.68. The van der Waals surface area contributed by atoms with Crippen molar-refractivity contribution in [1.29, 1.82) is 0 Å². The van der Waals surface area contributed by atoms with Crippen LogP contribution in [0.5, 0.6) is 0 Å². The second kappa shape index (κ2) is 5.35. The number of carbonyl (C=O) groups is 1. The van der Waals surface area contributed by atoms with Gasteiger partial charge in [0.1, 0.15) is 5.82 Å². The molecule has 1 N–H and O–H groups in total. The van der Waals surface area contributed by atoms with Gasteiger partial charge in [0.05, 0.1) is 12.7 Å². The van der Waals surface area contributed by atoms with E-state index in [0.717, 1.165) is 11.4 Å². The van der Waals surface area contributed by atoms with Crippen LogP contribution < -0.4 is 5.32 Å². The molecule has 0 atom stereocenters. The number of nitrogens with zero attached hydrogens (tertiary/aromatic N) is 2. The molecule has 0 aliphatic carbocycles. The van der Waals surface area contributed by atoms with Crippen molar-refractivity contribution in [3.05, 3.63) is 47.7 Å². The summed E-state index contributed by atoms with van der Waals surface area (Å²) in [6.45, 7) is 0.530. The van der Waals surface area contributed by atoms with Gasteiger partial charge in [0.25, 0.3) is 0 Å². The van der Waals surface area contributed by atoms with Gasteiger partial charge in [-0.1, -0.05) is 18.2 Å². The van der Waals surface area contributed by atoms with Crippen LogP contribution in [0.2, 0.25) is 0 Å². The van der Waals surface area contributed by atoms with Gasteiger partial charge in [-0.15, -0.1) is 0 Å². The number of hydrogen-bond donors (Lipinski definition) is 1. The summed E-state index contributed by atoms with van der Waals surface area (Å²) < 4.78 is 6.46. The topological polar surface area (TPSA) is 56.1 Å². The van der Waals surface area contributed by atoms with E-state index in [1.54, 1.807) is 10.7 Å². The van der Waals surface area contributed by atoms with E-state index in [-0.39, 0.29) is 5.97 Å². The lowest BCUT2D eigenvalue weighted by atomic mass is 10.1. The lowest BCUT2D eigenvalue weighted by Crippen LogP contribution is -2.09. The number of benzene rings is 1. The number of nitrogens with one attached hydrogen (secondary N) is 1. The van der Waals surface area contributed by atoms with Gasteiger partial charge in [-0.05, 0) is 11.6 Å². The quantitative estimate of drug-likeness (QED) is 0.835. The molecule has 0 saturated heterocycles. The Morgan fingerprint density at radius 3 is 2.83 bits per heavy atom. The third kappa shape index (κ3) is 2.68. The van der Waals surface area contributed by atoms with Gasteiger partial charge in [-0.25, -0.2) is 4.79 Å². The highest BCUT2D eigenvalue weighted by atomic mass is 16.5. The maximum absolute atomic E-state index is 11.6. The zero-order chi connectivity index (χ0) is 13.0. The van der Waals surface area contributed by atoms with E-state index >= 15 is 0 Å². The summed E-state index contributed by atoms with van der Waals surface area (Å²) in [7, 11) is 3.23. The number of esters is 1. The Hall–Kier alpha value is -2.30. The molecule has 0 saturated carbocycles. The third-order valence-electron chi connectivity index (χ3n) is 2.60. The summed E-state index contributed by atoms with van der Waals surface area (Å²) >= 11 is 0. The Labute approximate surface area is 105 Å². The zero-order valence-corrected chi connectivity index (χ0v) is 10.4. The van der Waals surface area contributed by atoms with Crippen molar-refractivity contribution >= 4 is 11.8 Å². The van der Waals surface area contributed by atoms with Crippen LogP contribution >= 0.6 is 0 Å². The molecule has 2 rings (SSSR count). The molecule has 2 aromatic rings.